The minimum absolute atomic E-state index is 0.0477. The first-order chi connectivity index (χ1) is 15.1. The Morgan fingerprint density at radius 1 is 1.03 bits per heavy atom. The van der Waals surface area contributed by atoms with Crippen LogP contribution in [0.25, 0.3) is 0 Å². The van der Waals surface area contributed by atoms with Crippen molar-refractivity contribution in [2.24, 2.45) is 0 Å². The van der Waals surface area contributed by atoms with Crippen molar-refractivity contribution in [1.82, 2.24) is 20.2 Å². The lowest BCUT2D eigenvalue weighted by molar-refractivity contribution is -0.136. The Kier molecular flexibility index (Phi) is 5.35. The third-order valence-electron chi connectivity index (χ3n) is 4.92. The number of nitrogens with zero attached hydrogens (tertiary/aromatic N) is 4. The number of esters is 1. The van der Waals surface area contributed by atoms with Gasteiger partial charge in [-0.2, -0.15) is 4.68 Å². The van der Waals surface area contributed by atoms with Crippen LogP contribution in [0.2, 0.25) is 0 Å². The van der Waals surface area contributed by atoms with Gasteiger partial charge in [-0.15, -0.1) is 0 Å². The maximum atomic E-state index is 13.7. The summed E-state index contributed by atoms with van der Waals surface area (Å²) in [5.41, 5.74) is 1.000. The molecule has 1 aliphatic heterocycles. The van der Waals surface area contributed by atoms with E-state index in [1.54, 1.807) is 48.5 Å². The first-order valence-corrected chi connectivity index (χ1v) is 9.28. The van der Waals surface area contributed by atoms with E-state index in [0.717, 1.165) is 0 Å². The molecule has 3 aromatic rings. The minimum atomic E-state index is -0.838. The number of allylic oxidation sites excluding steroid dienone is 1. The molecule has 10 heteroatoms. The number of hydrogen-bond acceptors (Lipinski definition) is 9. The largest absolute Gasteiger partial charge is 0.497 e. The number of anilines is 1. The third-order valence-corrected chi connectivity index (χ3v) is 4.92. The molecule has 1 atom stereocenters. The number of ketones is 1. The summed E-state index contributed by atoms with van der Waals surface area (Å²) in [6, 6.07) is 13.0. The third kappa shape index (κ3) is 3.48. The maximum Gasteiger partial charge on any atom is 0.355 e. The summed E-state index contributed by atoms with van der Waals surface area (Å²) < 4.78 is 17.1. The monoisotopic (exact) mass is 421 g/mol. The Bertz CT molecular complexity index is 1190. The lowest BCUT2D eigenvalue weighted by Crippen LogP contribution is -2.33. The molecule has 1 aromatic heterocycles. The average molecular weight is 421 g/mol. The predicted molar refractivity (Wildman–Crippen MR) is 109 cm³/mol. The number of fused-ring (bicyclic) bond motifs is 1. The fraction of sp³-hybridized carbons (Fsp3) is 0.190. The molecule has 10 nitrogen and oxygen atoms in total. The number of rotatable bonds is 6. The van der Waals surface area contributed by atoms with Crippen molar-refractivity contribution in [3.05, 3.63) is 70.9 Å². The minimum Gasteiger partial charge on any atom is -0.497 e. The van der Waals surface area contributed by atoms with Crippen molar-refractivity contribution in [2.45, 2.75) is 6.04 Å². The van der Waals surface area contributed by atoms with Crippen LogP contribution in [0.15, 0.2) is 59.8 Å². The Hall–Kier alpha value is -4.21. The second kappa shape index (κ2) is 8.27. The van der Waals surface area contributed by atoms with E-state index in [0.29, 0.717) is 22.6 Å². The van der Waals surface area contributed by atoms with Crippen LogP contribution in [-0.2, 0) is 9.53 Å². The van der Waals surface area contributed by atoms with Crippen molar-refractivity contribution >= 4 is 17.7 Å². The summed E-state index contributed by atoms with van der Waals surface area (Å²) in [6.45, 7) is 0. The number of nitrogens with one attached hydrogen (secondary N) is 1. The van der Waals surface area contributed by atoms with Crippen LogP contribution >= 0.6 is 0 Å². The number of carbonyl (C=O) groups excluding carboxylic acids is 2. The molecule has 1 aliphatic rings. The number of tetrazole rings is 1. The summed E-state index contributed by atoms with van der Waals surface area (Å²) in [5.74, 6) is 0.0746. The maximum absolute atomic E-state index is 13.7. The number of para-hydroxylation sites is 1. The molecule has 0 unspecified atom stereocenters. The SMILES string of the molecule is COC(=O)C1=C(C(=O)c2cccc(OC)c2)[C@@H](c2ccccc2OC)n2nnnc2N1. The highest BCUT2D eigenvalue weighted by molar-refractivity contribution is 6.15. The fourth-order valence-electron chi connectivity index (χ4n) is 3.49. The van der Waals surface area contributed by atoms with E-state index in [1.807, 2.05) is 0 Å². The van der Waals surface area contributed by atoms with Gasteiger partial charge in [0.2, 0.25) is 5.95 Å². The van der Waals surface area contributed by atoms with Gasteiger partial charge in [0.25, 0.3) is 0 Å². The number of aromatic nitrogens is 4. The molecule has 4 rings (SSSR count). The highest BCUT2D eigenvalue weighted by atomic mass is 16.5. The number of methoxy groups -OCH3 is 3. The van der Waals surface area contributed by atoms with Crippen molar-refractivity contribution in [2.75, 3.05) is 26.6 Å². The summed E-state index contributed by atoms with van der Waals surface area (Å²) in [6.07, 6.45) is 0. The van der Waals surface area contributed by atoms with Crippen LogP contribution < -0.4 is 14.8 Å². The van der Waals surface area contributed by atoms with Gasteiger partial charge < -0.3 is 19.5 Å². The van der Waals surface area contributed by atoms with E-state index < -0.39 is 17.8 Å². The van der Waals surface area contributed by atoms with E-state index >= 15 is 0 Å². The quantitative estimate of drug-likeness (QED) is 0.471. The summed E-state index contributed by atoms with van der Waals surface area (Å²) in [7, 11) is 4.27. The molecule has 0 spiro atoms. The molecule has 0 bridgehead atoms. The Morgan fingerprint density at radius 2 is 1.84 bits per heavy atom. The molecule has 2 heterocycles. The van der Waals surface area contributed by atoms with Gasteiger partial charge >= 0.3 is 5.97 Å². The number of ether oxygens (including phenoxy) is 3. The predicted octanol–water partition coefficient (Wildman–Crippen LogP) is 2.02. The lowest BCUT2D eigenvalue weighted by atomic mass is 9.89. The van der Waals surface area contributed by atoms with Gasteiger partial charge in [0, 0.05) is 11.1 Å². The molecular weight excluding hydrogens is 402 g/mol. The standard InChI is InChI=1S/C21H19N5O5/c1-29-13-8-6-7-12(11-13)19(27)16-17(20(28)31-3)22-21-23-24-25-26(21)18(16)14-9-4-5-10-15(14)30-2/h4-11,18H,1-3H3,(H,22,23,25)/t18-/m1/s1. The number of hydrogen-bond donors (Lipinski definition) is 1. The molecule has 158 valence electrons. The second-order valence-corrected chi connectivity index (χ2v) is 6.56. The highest BCUT2D eigenvalue weighted by Crippen LogP contribution is 2.40. The zero-order chi connectivity index (χ0) is 22.0. The van der Waals surface area contributed by atoms with E-state index in [9.17, 15) is 9.59 Å². The molecule has 31 heavy (non-hydrogen) atoms. The van der Waals surface area contributed by atoms with E-state index in [2.05, 4.69) is 20.8 Å². The van der Waals surface area contributed by atoms with Crippen LogP contribution in [0.1, 0.15) is 22.0 Å². The van der Waals surface area contributed by atoms with Gasteiger partial charge in [-0.25, -0.2) is 4.79 Å². The Labute approximate surface area is 177 Å². The molecular formula is C21H19N5O5. The number of Topliss-reactive ketones (excluding diaryl/α,β-unsaturated/α-hetero) is 1. The summed E-state index contributed by atoms with van der Waals surface area (Å²) in [4.78, 5) is 26.4. The van der Waals surface area contributed by atoms with Gasteiger partial charge in [0.1, 0.15) is 23.2 Å². The fourth-order valence-corrected chi connectivity index (χ4v) is 3.49. The summed E-state index contributed by atoms with van der Waals surface area (Å²) >= 11 is 0. The Morgan fingerprint density at radius 3 is 2.58 bits per heavy atom. The van der Waals surface area contributed by atoms with Crippen LogP contribution in [0.4, 0.5) is 5.95 Å². The first kappa shape index (κ1) is 20.1. The van der Waals surface area contributed by atoms with Crippen molar-refractivity contribution in [1.29, 1.82) is 0 Å². The second-order valence-electron chi connectivity index (χ2n) is 6.56. The van der Waals surface area contributed by atoms with Crippen molar-refractivity contribution in [3.8, 4) is 11.5 Å². The number of carbonyl (C=O) groups is 2. The first-order valence-electron chi connectivity index (χ1n) is 9.28. The summed E-state index contributed by atoms with van der Waals surface area (Å²) in [5, 5.41) is 14.5. The van der Waals surface area contributed by atoms with Crippen LogP contribution in [-0.4, -0.2) is 53.3 Å². The molecule has 0 saturated carbocycles. The molecule has 0 aliphatic carbocycles. The van der Waals surface area contributed by atoms with E-state index in [4.69, 9.17) is 14.2 Å². The smallest absolute Gasteiger partial charge is 0.355 e. The van der Waals surface area contributed by atoms with Gasteiger partial charge in [0.15, 0.2) is 5.78 Å². The van der Waals surface area contributed by atoms with Crippen molar-refractivity contribution in [3.63, 3.8) is 0 Å². The van der Waals surface area contributed by atoms with E-state index in [1.165, 1.54) is 26.0 Å². The Balaban J connectivity index is 1.98. The zero-order valence-electron chi connectivity index (χ0n) is 17.0. The van der Waals surface area contributed by atoms with Gasteiger partial charge in [-0.05, 0) is 28.6 Å². The molecule has 2 aromatic carbocycles. The molecule has 0 fully saturated rings. The van der Waals surface area contributed by atoms with Crippen LogP contribution in [0.5, 0.6) is 11.5 Å². The lowest BCUT2D eigenvalue weighted by Gasteiger charge is -2.29. The van der Waals surface area contributed by atoms with Gasteiger partial charge in [0.05, 0.1) is 26.9 Å². The topological polar surface area (TPSA) is 117 Å². The van der Waals surface area contributed by atoms with E-state index in [-0.39, 0.29) is 17.2 Å². The normalized spacial score (nSPS) is 15.0. The van der Waals surface area contributed by atoms with Crippen LogP contribution in [0, 0.1) is 0 Å². The highest BCUT2D eigenvalue weighted by Gasteiger charge is 2.39. The zero-order valence-corrected chi connectivity index (χ0v) is 17.0. The molecule has 0 amide bonds. The van der Waals surface area contributed by atoms with Crippen molar-refractivity contribution < 1.29 is 23.8 Å². The molecule has 0 saturated heterocycles. The van der Waals surface area contributed by atoms with Gasteiger partial charge in [-0.1, -0.05) is 35.4 Å². The average Bonchev–Trinajstić information content (AvgIpc) is 3.30. The van der Waals surface area contributed by atoms with Crippen LogP contribution in [0.3, 0.4) is 0 Å². The van der Waals surface area contributed by atoms with Gasteiger partial charge in [-0.3, -0.25) is 4.79 Å². The molecule has 0 radical (unpaired) electrons. The number of benzene rings is 2. The molecule has 1 N–H and O–H groups in total.